The monoisotopic (exact) mass is 323 g/mol. The van der Waals surface area contributed by atoms with E-state index in [1.165, 1.54) is 18.4 Å². The molecule has 24 heavy (non-hydrogen) atoms. The molecule has 126 valence electrons. The molecule has 1 fully saturated rings. The maximum atomic E-state index is 13.0. The summed E-state index contributed by atoms with van der Waals surface area (Å²) in [5.41, 5.74) is 2.18. The van der Waals surface area contributed by atoms with Crippen LogP contribution in [0.2, 0.25) is 0 Å². The Kier molecular flexibility index (Phi) is 5.19. The third-order valence-electron chi connectivity index (χ3n) is 4.80. The molecule has 1 aliphatic carbocycles. The number of ether oxygens (including phenoxy) is 1. The van der Waals surface area contributed by atoms with E-state index in [0.717, 1.165) is 11.3 Å². The number of amides is 1. The van der Waals surface area contributed by atoms with E-state index in [1.54, 1.807) is 7.11 Å². The molecule has 0 heterocycles. The second-order valence-electron chi connectivity index (χ2n) is 6.61. The van der Waals surface area contributed by atoms with Crippen LogP contribution in [0.15, 0.2) is 54.6 Å². The first-order valence-corrected chi connectivity index (χ1v) is 8.63. The summed E-state index contributed by atoms with van der Waals surface area (Å²) in [6.45, 7) is 2.87. The molecule has 2 aromatic carbocycles. The Morgan fingerprint density at radius 2 is 1.83 bits per heavy atom. The molecule has 1 saturated carbocycles. The first-order valence-electron chi connectivity index (χ1n) is 8.63. The number of hydrogen-bond acceptors (Lipinski definition) is 2. The average molecular weight is 323 g/mol. The van der Waals surface area contributed by atoms with Crippen LogP contribution in [-0.4, -0.2) is 24.0 Å². The van der Waals surface area contributed by atoms with Gasteiger partial charge in [-0.15, -0.1) is 0 Å². The maximum Gasteiger partial charge on any atom is 0.227 e. The van der Waals surface area contributed by atoms with Gasteiger partial charge in [-0.2, -0.15) is 0 Å². The number of rotatable bonds is 7. The number of nitrogens with zero attached hydrogens (tertiary/aromatic N) is 1. The molecule has 0 radical (unpaired) electrons. The van der Waals surface area contributed by atoms with Gasteiger partial charge < -0.3 is 9.64 Å². The molecule has 0 saturated heterocycles. The summed E-state index contributed by atoms with van der Waals surface area (Å²) in [7, 11) is 1.65. The van der Waals surface area contributed by atoms with Crippen LogP contribution in [0.3, 0.4) is 0 Å². The van der Waals surface area contributed by atoms with E-state index in [9.17, 15) is 4.79 Å². The van der Waals surface area contributed by atoms with E-state index in [0.29, 0.717) is 24.9 Å². The lowest BCUT2D eigenvalue weighted by Gasteiger charge is -2.30. The Morgan fingerprint density at radius 1 is 1.12 bits per heavy atom. The summed E-state index contributed by atoms with van der Waals surface area (Å²) < 4.78 is 5.26. The zero-order valence-electron chi connectivity index (χ0n) is 14.4. The summed E-state index contributed by atoms with van der Waals surface area (Å²) in [4.78, 5) is 15.0. The lowest BCUT2D eigenvalue weighted by molar-refractivity contribution is -0.133. The van der Waals surface area contributed by atoms with Crippen molar-refractivity contribution in [1.82, 2.24) is 4.90 Å². The van der Waals surface area contributed by atoms with E-state index in [1.807, 2.05) is 47.4 Å². The van der Waals surface area contributed by atoms with Crippen molar-refractivity contribution in [2.75, 3.05) is 7.11 Å². The van der Waals surface area contributed by atoms with E-state index >= 15 is 0 Å². The van der Waals surface area contributed by atoms with Gasteiger partial charge >= 0.3 is 0 Å². The van der Waals surface area contributed by atoms with E-state index in [-0.39, 0.29) is 5.91 Å². The van der Waals surface area contributed by atoms with Gasteiger partial charge in [0.05, 0.1) is 13.5 Å². The van der Waals surface area contributed by atoms with E-state index in [4.69, 9.17) is 4.74 Å². The lowest BCUT2D eigenvalue weighted by Crippen LogP contribution is -2.40. The Labute approximate surface area is 144 Å². The Hall–Kier alpha value is -2.29. The second kappa shape index (κ2) is 7.52. The van der Waals surface area contributed by atoms with Gasteiger partial charge in [-0.3, -0.25) is 4.79 Å². The molecule has 1 aliphatic rings. The maximum absolute atomic E-state index is 13.0. The molecule has 0 N–H and O–H groups in total. The Balaban J connectivity index is 1.74. The van der Waals surface area contributed by atoms with Crippen molar-refractivity contribution in [2.24, 2.45) is 5.92 Å². The third kappa shape index (κ3) is 4.16. The molecule has 1 amide bonds. The normalized spacial score (nSPS) is 14.9. The van der Waals surface area contributed by atoms with Crippen molar-refractivity contribution in [2.45, 2.75) is 38.8 Å². The molecular formula is C21H25NO2. The van der Waals surface area contributed by atoms with Crippen LogP contribution < -0.4 is 4.74 Å². The molecule has 3 nitrogen and oxygen atoms in total. The van der Waals surface area contributed by atoms with Gasteiger partial charge in [0.15, 0.2) is 0 Å². The minimum atomic E-state index is 0.187. The molecule has 1 unspecified atom stereocenters. The first-order chi connectivity index (χ1) is 11.7. The van der Waals surface area contributed by atoms with Crippen LogP contribution in [0.4, 0.5) is 0 Å². The molecule has 0 aliphatic heterocycles. The number of methoxy groups -OCH3 is 1. The highest BCUT2D eigenvalue weighted by atomic mass is 16.5. The number of carbonyl (C=O) groups excluding carboxylic acids is 1. The summed E-state index contributed by atoms with van der Waals surface area (Å²) in [6.07, 6.45) is 2.89. The van der Waals surface area contributed by atoms with Crippen molar-refractivity contribution < 1.29 is 9.53 Å². The number of hydrogen-bond donors (Lipinski definition) is 0. The summed E-state index contributed by atoms with van der Waals surface area (Å²) in [5.74, 6) is 1.64. The second-order valence-corrected chi connectivity index (χ2v) is 6.61. The minimum Gasteiger partial charge on any atom is -0.497 e. The topological polar surface area (TPSA) is 29.5 Å². The highest BCUT2D eigenvalue weighted by Gasteiger charge is 2.34. The number of carbonyl (C=O) groups is 1. The van der Waals surface area contributed by atoms with Crippen LogP contribution in [0.5, 0.6) is 5.75 Å². The van der Waals surface area contributed by atoms with Crippen LogP contribution in [0.25, 0.3) is 0 Å². The van der Waals surface area contributed by atoms with E-state index in [2.05, 4.69) is 19.1 Å². The zero-order valence-corrected chi connectivity index (χ0v) is 14.4. The van der Waals surface area contributed by atoms with Crippen molar-refractivity contribution >= 4 is 5.91 Å². The van der Waals surface area contributed by atoms with Crippen molar-refractivity contribution in [1.29, 1.82) is 0 Å². The first kappa shape index (κ1) is 16.6. The molecule has 3 heteroatoms. The molecule has 0 aromatic heterocycles. The molecule has 2 aromatic rings. The van der Waals surface area contributed by atoms with Crippen LogP contribution in [-0.2, 0) is 17.8 Å². The smallest absolute Gasteiger partial charge is 0.227 e. The Bertz CT molecular complexity index is 679. The summed E-state index contributed by atoms with van der Waals surface area (Å²) in [6, 6.07) is 18.3. The molecule has 1 atom stereocenters. The molecule has 3 rings (SSSR count). The van der Waals surface area contributed by atoms with Crippen LogP contribution >= 0.6 is 0 Å². The van der Waals surface area contributed by atoms with Gasteiger partial charge in [-0.25, -0.2) is 0 Å². The van der Waals surface area contributed by atoms with Gasteiger partial charge in [0.1, 0.15) is 5.75 Å². The Morgan fingerprint density at radius 3 is 2.50 bits per heavy atom. The summed E-state index contributed by atoms with van der Waals surface area (Å²) in [5, 5.41) is 0. The van der Waals surface area contributed by atoms with Crippen molar-refractivity contribution in [3.8, 4) is 5.75 Å². The van der Waals surface area contributed by atoms with Gasteiger partial charge in [-0.05, 0) is 48.9 Å². The van der Waals surface area contributed by atoms with Gasteiger partial charge in [0, 0.05) is 12.6 Å². The van der Waals surface area contributed by atoms with Crippen molar-refractivity contribution in [3.63, 3.8) is 0 Å². The highest BCUT2D eigenvalue weighted by Crippen LogP contribution is 2.36. The molecule has 0 bridgehead atoms. The fourth-order valence-corrected chi connectivity index (χ4v) is 3.13. The third-order valence-corrected chi connectivity index (χ3v) is 4.80. The number of benzene rings is 2. The van der Waals surface area contributed by atoms with Crippen LogP contribution in [0, 0.1) is 5.92 Å². The SMILES string of the molecule is COc1cccc(CC(=O)N(Cc2ccccc2)C(C)C2CC2)c1. The fourth-order valence-electron chi connectivity index (χ4n) is 3.13. The minimum absolute atomic E-state index is 0.187. The molecule has 0 spiro atoms. The fraction of sp³-hybridized carbons (Fsp3) is 0.381. The predicted molar refractivity (Wildman–Crippen MR) is 95.9 cm³/mol. The van der Waals surface area contributed by atoms with E-state index < -0.39 is 0 Å². The molecular weight excluding hydrogens is 298 g/mol. The lowest BCUT2D eigenvalue weighted by atomic mass is 10.1. The van der Waals surface area contributed by atoms with Gasteiger partial charge in [0.25, 0.3) is 0 Å². The van der Waals surface area contributed by atoms with Gasteiger partial charge in [0.2, 0.25) is 5.91 Å². The standard InChI is InChI=1S/C21H25NO2/c1-16(19-11-12-19)22(15-17-7-4-3-5-8-17)21(23)14-18-9-6-10-20(13-18)24-2/h3-10,13,16,19H,11-12,14-15H2,1-2H3. The quantitative estimate of drug-likeness (QED) is 0.769. The summed E-state index contributed by atoms with van der Waals surface area (Å²) >= 11 is 0. The van der Waals surface area contributed by atoms with Crippen molar-refractivity contribution in [3.05, 3.63) is 65.7 Å². The predicted octanol–water partition coefficient (Wildman–Crippen LogP) is 4.07. The van der Waals surface area contributed by atoms with Crippen LogP contribution in [0.1, 0.15) is 30.9 Å². The van der Waals surface area contributed by atoms with Gasteiger partial charge in [-0.1, -0.05) is 42.5 Å². The average Bonchev–Trinajstić information content (AvgIpc) is 3.45. The largest absolute Gasteiger partial charge is 0.497 e. The zero-order chi connectivity index (χ0) is 16.9. The highest BCUT2D eigenvalue weighted by molar-refractivity contribution is 5.79.